The lowest BCUT2D eigenvalue weighted by atomic mass is 10.1. The number of hydrogen-bond acceptors (Lipinski definition) is 2. The number of carbonyl (C=O) groups excluding carboxylic acids is 1. The van der Waals surface area contributed by atoms with Gasteiger partial charge in [-0.2, -0.15) is 13.2 Å². The highest BCUT2D eigenvalue weighted by molar-refractivity contribution is 5.85. The number of hydrogen-bond donors (Lipinski definition) is 3. The largest absolute Gasteiger partial charge is 0.465 e. The molecule has 22 heavy (non-hydrogen) atoms. The van der Waals surface area contributed by atoms with Gasteiger partial charge in [-0.15, -0.1) is 0 Å². The molecule has 0 heterocycles. The van der Waals surface area contributed by atoms with Crippen molar-refractivity contribution >= 4 is 18.1 Å². The quantitative estimate of drug-likeness (QED) is 0.781. The molecule has 0 saturated heterocycles. The Balaban J connectivity index is 2.70. The van der Waals surface area contributed by atoms with Gasteiger partial charge >= 0.3 is 12.3 Å². The Bertz CT molecular complexity index is 553. The first-order valence-corrected chi connectivity index (χ1v) is 6.29. The van der Waals surface area contributed by atoms with Crippen molar-refractivity contribution in [3.05, 3.63) is 41.5 Å². The van der Waals surface area contributed by atoms with Crippen molar-refractivity contribution in [1.82, 2.24) is 10.6 Å². The minimum Gasteiger partial charge on any atom is -0.465 e. The summed E-state index contributed by atoms with van der Waals surface area (Å²) in [4.78, 5) is 22.0. The Kier molecular flexibility index (Phi) is 5.97. The lowest BCUT2D eigenvalue weighted by molar-refractivity contribution is -0.137. The van der Waals surface area contributed by atoms with Gasteiger partial charge < -0.3 is 15.7 Å². The normalized spacial score (nSPS) is 12.9. The number of amides is 2. The number of carboxylic acid groups (broad SMARTS) is 1. The molecule has 1 unspecified atom stereocenters. The topological polar surface area (TPSA) is 78.4 Å². The number of rotatable bonds is 5. The van der Waals surface area contributed by atoms with Crippen LogP contribution in [0.3, 0.4) is 0 Å². The Labute approximate surface area is 124 Å². The van der Waals surface area contributed by atoms with Crippen LogP contribution in [0.1, 0.15) is 17.5 Å². The van der Waals surface area contributed by atoms with E-state index in [9.17, 15) is 22.8 Å². The third-order valence-electron chi connectivity index (χ3n) is 2.78. The molecule has 1 atom stereocenters. The Morgan fingerprint density at radius 1 is 1.27 bits per heavy atom. The van der Waals surface area contributed by atoms with Crippen LogP contribution in [-0.2, 0) is 11.0 Å². The third kappa shape index (κ3) is 5.47. The van der Waals surface area contributed by atoms with Gasteiger partial charge in [-0.3, -0.25) is 4.79 Å². The number of carbonyl (C=O) groups is 2. The molecule has 0 bridgehead atoms. The van der Waals surface area contributed by atoms with Crippen molar-refractivity contribution < 1.29 is 27.9 Å². The van der Waals surface area contributed by atoms with Gasteiger partial charge in [-0.1, -0.05) is 24.3 Å². The van der Waals surface area contributed by atoms with E-state index in [2.05, 4.69) is 10.6 Å². The van der Waals surface area contributed by atoms with Gasteiger partial charge in [0.2, 0.25) is 5.91 Å². The predicted octanol–water partition coefficient (Wildman–Crippen LogP) is 2.49. The molecule has 8 heteroatoms. The monoisotopic (exact) mass is 316 g/mol. The summed E-state index contributed by atoms with van der Waals surface area (Å²) in [6.45, 7) is 0. The summed E-state index contributed by atoms with van der Waals surface area (Å²) in [5.74, 6) is -0.500. The van der Waals surface area contributed by atoms with Crippen molar-refractivity contribution in [2.45, 2.75) is 18.6 Å². The Morgan fingerprint density at radius 2 is 1.86 bits per heavy atom. The summed E-state index contributed by atoms with van der Waals surface area (Å²) in [6, 6.07) is 3.52. The fourth-order valence-corrected chi connectivity index (χ4v) is 1.68. The Morgan fingerprint density at radius 3 is 2.32 bits per heavy atom. The van der Waals surface area contributed by atoms with Crippen LogP contribution in [0.25, 0.3) is 6.08 Å². The summed E-state index contributed by atoms with van der Waals surface area (Å²) < 4.78 is 37.2. The van der Waals surface area contributed by atoms with Gasteiger partial charge in [0.1, 0.15) is 6.04 Å². The maximum atomic E-state index is 12.4. The Hall–Kier alpha value is -2.51. The molecule has 120 valence electrons. The number of halogens is 3. The molecule has 0 fully saturated rings. The van der Waals surface area contributed by atoms with E-state index < -0.39 is 29.8 Å². The molecule has 1 rings (SSSR count). The second kappa shape index (κ2) is 7.48. The number of benzene rings is 1. The molecule has 2 amide bonds. The standard InChI is InChI=1S/C14H15F3N2O3/c1-18-12(20)11(19-13(21)22)4-2-3-9-5-7-10(8-6-9)14(15,16)17/h2-3,5-8,11,19H,4H2,1H3,(H,18,20)(H,21,22)/b3-2+. The number of likely N-dealkylation sites (N-methyl/N-ethyl adjacent to an activating group) is 1. The summed E-state index contributed by atoms with van der Waals surface area (Å²) in [6.07, 6.45) is -2.63. The van der Waals surface area contributed by atoms with Crippen molar-refractivity contribution in [3.8, 4) is 0 Å². The predicted molar refractivity (Wildman–Crippen MR) is 74.1 cm³/mol. The zero-order valence-electron chi connectivity index (χ0n) is 11.6. The molecule has 1 aromatic carbocycles. The van der Waals surface area contributed by atoms with E-state index in [-0.39, 0.29) is 6.42 Å². The van der Waals surface area contributed by atoms with Crippen LogP contribution in [-0.4, -0.2) is 30.2 Å². The minimum absolute atomic E-state index is 0.0764. The van der Waals surface area contributed by atoms with E-state index in [1.807, 2.05) is 0 Å². The van der Waals surface area contributed by atoms with E-state index in [0.717, 1.165) is 12.1 Å². The van der Waals surface area contributed by atoms with E-state index in [4.69, 9.17) is 5.11 Å². The van der Waals surface area contributed by atoms with Crippen molar-refractivity contribution in [2.24, 2.45) is 0 Å². The van der Waals surface area contributed by atoms with E-state index in [0.29, 0.717) is 5.56 Å². The first-order valence-electron chi connectivity index (χ1n) is 6.29. The zero-order chi connectivity index (χ0) is 16.8. The minimum atomic E-state index is -4.39. The van der Waals surface area contributed by atoms with Gasteiger partial charge in [-0.05, 0) is 24.1 Å². The second-order valence-electron chi connectivity index (χ2n) is 4.37. The number of nitrogens with one attached hydrogen (secondary N) is 2. The summed E-state index contributed by atoms with van der Waals surface area (Å²) in [7, 11) is 1.37. The van der Waals surface area contributed by atoms with Crippen LogP contribution in [0.2, 0.25) is 0 Å². The molecular weight excluding hydrogens is 301 g/mol. The van der Waals surface area contributed by atoms with E-state index in [1.54, 1.807) is 0 Å². The molecule has 0 spiro atoms. The molecule has 5 nitrogen and oxygen atoms in total. The first-order chi connectivity index (χ1) is 10.2. The van der Waals surface area contributed by atoms with Crippen LogP contribution in [0, 0.1) is 0 Å². The zero-order valence-corrected chi connectivity index (χ0v) is 11.6. The van der Waals surface area contributed by atoms with Crippen molar-refractivity contribution in [1.29, 1.82) is 0 Å². The third-order valence-corrected chi connectivity index (χ3v) is 2.78. The van der Waals surface area contributed by atoms with Crippen LogP contribution >= 0.6 is 0 Å². The highest BCUT2D eigenvalue weighted by Crippen LogP contribution is 2.29. The summed E-state index contributed by atoms with van der Waals surface area (Å²) in [5.41, 5.74) is -0.237. The van der Waals surface area contributed by atoms with Crippen LogP contribution < -0.4 is 10.6 Å². The van der Waals surface area contributed by atoms with Crippen molar-refractivity contribution in [2.75, 3.05) is 7.05 Å². The molecular formula is C14H15F3N2O3. The fraction of sp³-hybridized carbons (Fsp3) is 0.286. The van der Waals surface area contributed by atoms with Gasteiger partial charge in [0.05, 0.1) is 5.56 Å². The van der Waals surface area contributed by atoms with Crippen molar-refractivity contribution in [3.63, 3.8) is 0 Å². The highest BCUT2D eigenvalue weighted by Gasteiger charge is 2.29. The van der Waals surface area contributed by atoms with E-state index in [1.165, 1.54) is 31.3 Å². The molecule has 1 aromatic rings. The molecule has 0 aliphatic heterocycles. The first kappa shape index (κ1) is 17.5. The second-order valence-corrected chi connectivity index (χ2v) is 4.37. The van der Waals surface area contributed by atoms with Gasteiger partial charge in [0, 0.05) is 7.05 Å². The van der Waals surface area contributed by atoms with Gasteiger partial charge in [0.25, 0.3) is 0 Å². The van der Waals surface area contributed by atoms with E-state index >= 15 is 0 Å². The van der Waals surface area contributed by atoms with Gasteiger partial charge in [-0.25, -0.2) is 4.79 Å². The summed E-state index contributed by atoms with van der Waals surface area (Å²) in [5, 5.41) is 13.0. The lowest BCUT2D eigenvalue weighted by Crippen LogP contribution is -2.44. The van der Waals surface area contributed by atoms with Crippen LogP contribution in [0.4, 0.5) is 18.0 Å². The number of alkyl halides is 3. The molecule has 0 aromatic heterocycles. The highest BCUT2D eigenvalue weighted by atomic mass is 19.4. The fourth-order valence-electron chi connectivity index (χ4n) is 1.68. The maximum absolute atomic E-state index is 12.4. The summed E-state index contributed by atoms with van der Waals surface area (Å²) >= 11 is 0. The lowest BCUT2D eigenvalue weighted by Gasteiger charge is -2.12. The average Bonchev–Trinajstić information content (AvgIpc) is 2.44. The molecule has 0 aliphatic rings. The molecule has 3 N–H and O–H groups in total. The maximum Gasteiger partial charge on any atom is 0.416 e. The molecule has 0 saturated carbocycles. The average molecular weight is 316 g/mol. The van der Waals surface area contributed by atoms with Gasteiger partial charge in [0.15, 0.2) is 0 Å². The smallest absolute Gasteiger partial charge is 0.416 e. The van der Waals surface area contributed by atoms with Crippen LogP contribution in [0.5, 0.6) is 0 Å². The molecule has 0 radical (unpaired) electrons. The van der Waals surface area contributed by atoms with Crippen LogP contribution in [0.15, 0.2) is 30.3 Å². The SMILES string of the molecule is CNC(=O)C(C/C=C/c1ccc(C(F)(F)F)cc1)NC(=O)O. The molecule has 0 aliphatic carbocycles.